The Hall–Kier alpha value is -0.990. The zero-order chi connectivity index (χ0) is 11.8. The predicted octanol–water partition coefficient (Wildman–Crippen LogP) is 2.61. The highest BCUT2D eigenvalue weighted by atomic mass is 16.5. The number of allylic oxidation sites excluding steroid dienone is 1. The van der Waals surface area contributed by atoms with Crippen LogP contribution in [0.25, 0.3) is 0 Å². The van der Waals surface area contributed by atoms with E-state index in [1.54, 1.807) is 0 Å². The molecule has 0 aromatic carbocycles. The van der Waals surface area contributed by atoms with Crippen LogP contribution in [0.1, 0.15) is 51.4 Å². The number of piperidine rings is 2. The van der Waals surface area contributed by atoms with Gasteiger partial charge in [0.2, 0.25) is 0 Å². The van der Waals surface area contributed by atoms with E-state index in [0.29, 0.717) is 12.1 Å². The minimum absolute atomic E-state index is 0.0929. The van der Waals surface area contributed by atoms with E-state index in [2.05, 4.69) is 4.90 Å². The Bertz CT molecular complexity index is 359. The fourth-order valence-electron chi connectivity index (χ4n) is 3.91. The molecule has 94 valence electrons. The first-order valence-corrected chi connectivity index (χ1v) is 6.90. The molecule has 0 aromatic heterocycles. The van der Waals surface area contributed by atoms with Gasteiger partial charge in [0.05, 0.1) is 12.7 Å². The third-order valence-electron chi connectivity index (χ3n) is 4.63. The van der Waals surface area contributed by atoms with Crippen molar-refractivity contribution in [1.29, 1.82) is 0 Å². The molecule has 3 heteroatoms. The third-order valence-corrected chi connectivity index (χ3v) is 4.63. The summed E-state index contributed by atoms with van der Waals surface area (Å²) in [5.41, 5.74) is 2.29. The molecule has 17 heavy (non-hydrogen) atoms. The van der Waals surface area contributed by atoms with Gasteiger partial charge in [-0.25, -0.2) is 4.79 Å². The molecule has 2 fully saturated rings. The molecule has 3 aliphatic heterocycles. The lowest BCUT2D eigenvalue weighted by atomic mass is 9.80. The second-order valence-electron chi connectivity index (χ2n) is 5.49. The topological polar surface area (TPSA) is 29.5 Å². The van der Waals surface area contributed by atoms with E-state index in [9.17, 15) is 4.79 Å². The zero-order valence-electron chi connectivity index (χ0n) is 10.6. The highest BCUT2D eigenvalue weighted by Crippen LogP contribution is 2.42. The normalized spacial score (nSPS) is 32.2. The molecule has 0 aromatic rings. The van der Waals surface area contributed by atoms with Gasteiger partial charge in [0.15, 0.2) is 0 Å². The summed E-state index contributed by atoms with van der Waals surface area (Å²) in [6.07, 6.45) is 9.70. The maximum Gasteiger partial charge on any atom is 0.335 e. The van der Waals surface area contributed by atoms with Crippen LogP contribution < -0.4 is 0 Å². The Morgan fingerprint density at radius 2 is 1.82 bits per heavy atom. The van der Waals surface area contributed by atoms with Crippen LogP contribution in [-0.4, -0.2) is 30.1 Å². The fourth-order valence-corrected chi connectivity index (χ4v) is 3.91. The van der Waals surface area contributed by atoms with Gasteiger partial charge in [0.25, 0.3) is 0 Å². The van der Waals surface area contributed by atoms with Gasteiger partial charge >= 0.3 is 5.97 Å². The van der Waals surface area contributed by atoms with E-state index in [0.717, 1.165) is 24.8 Å². The van der Waals surface area contributed by atoms with Crippen molar-refractivity contribution in [3.05, 3.63) is 11.3 Å². The molecule has 3 aliphatic rings. The molecule has 3 heterocycles. The average molecular weight is 235 g/mol. The van der Waals surface area contributed by atoms with E-state index in [1.807, 2.05) is 0 Å². The molecule has 0 saturated carbocycles. The largest absolute Gasteiger partial charge is 0.466 e. The van der Waals surface area contributed by atoms with Crippen LogP contribution >= 0.6 is 0 Å². The van der Waals surface area contributed by atoms with E-state index >= 15 is 0 Å². The van der Waals surface area contributed by atoms with Gasteiger partial charge < -0.3 is 9.64 Å². The summed E-state index contributed by atoms with van der Waals surface area (Å²) >= 11 is 0. The van der Waals surface area contributed by atoms with Crippen LogP contribution in [0.15, 0.2) is 11.3 Å². The van der Waals surface area contributed by atoms with Crippen molar-refractivity contribution in [1.82, 2.24) is 4.90 Å². The Balaban J connectivity index is 1.96. The number of carbonyl (C=O) groups excluding carboxylic acids is 1. The predicted molar refractivity (Wildman–Crippen MR) is 65.4 cm³/mol. The second kappa shape index (κ2) is 4.35. The number of carbonyl (C=O) groups is 1. The van der Waals surface area contributed by atoms with Crippen molar-refractivity contribution < 1.29 is 9.53 Å². The minimum Gasteiger partial charge on any atom is -0.466 e. The summed E-state index contributed by atoms with van der Waals surface area (Å²) in [6, 6.07) is 1.41. The summed E-state index contributed by atoms with van der Waals surface area (Å²) in [4.78, 5) is 14.4. The van der Waals surface area contributed by atoms with Gasteiger partial charge in [0.1, 0.15) is 0 Å². The van der Waals surface area contributed by atoms with Gasteiger partial charge in [-0.05, 0) is 51.4 Å². The lowest BCUT2D eigenvalue weighted by molar-refractivity contribution is -0.136. The Labute approximate surface area is 103 Å². The van der Waals surface area contributed by atoms with Gasteiger partial charge in [0, 0.05) is 17.8 Å². The molecule has 0 amide bonds. The second-order valence-corrected chi connectivity index (χ2v) is 5.49. The van der Waals surface area contributed by atoms with Crippen LogP contribution in [0.5, 0.6) is 0 Å². The Kier molecular flexibility index (Phi) is 2.85. The maximum absolute atomic E-state index is 11.8. The van der Waals surface area contributed by atoms with Crippen molar-refractivity contribution in [2.45, 2.75) is 63.5 Å². The minimum atomic E-state index is -0.0929. The Morgan fingerprint density at radius 1 is 1.12 bits per heavy atom. The molecular weight excluding hydrogens is 214 g/mol. The van der Waals surface area contributed by atoms with Crippen LogP contribution in [0.2, 0.25) is 0 Å². The lowest BCUT2D eigenvalue weighted by Crippen LogP contribution is -2.50. The number of nitrogens with zero attached hydrogens (tertiary/aromatic N) is 1. The van der Waals surface area contributed by atoms with Gasteiger partial charge in [-0.2, -0.15) is 0 Å². The molecule has 0 radical (unpaired) electrons. The van der Waals surface area contributed by atoms with Gasteiger partial charge in [-0.3, -0.25) is 0 Å². The summed E-state index contributed by atoms with van der Waals surface area (Å²) in [7, 11) is 1.50. The maximum atomic E-state index is 11.8. The number of hydrogen-bond acceptors (Lipinski definition) is 3. The van der Waals surface area contributed by atoms with Crippen molar-refractivity contribution >= 4 is 5.97 Å². The number of ether oxygens (including phenoxy) is 1. The molecule has 2 atom stereocenters. The van der Waals surface area contributed by atoms with Crippen LogP contribution in [0.3, 0.4) is 0 Å². The molecule has 3 rings (SSSR count). The van der Waals surface area contributed by atoms with E-state index < -0.39 is 0 Å². The van der Waals surface area contributed by atoms with Crippen molar-refractivity contribution in [3.63, 3.8) is 0 Å². The quantitative estimate of drug-likeness (QED) is 0.654. The monoisotopic (exact) mass is 235 g/mol. The molecular formula is C14H21NO2. The lowest BCUT2D eigenvalue weighted by Gasteiger charge is -2.51. The molecule has 0 spiro atoms. The summed E-state index contributed by atoms with van der Waals surface area (Å²) < 4.78 is 4.94. The van der Waals surface area contributed by atoms with Crippen molar-refractivity contribution in [2.75, 3.05) is 7.11 Å². The van der Waals surface area contributed by atoms with Crippen LogP contribution in [0, 0.1) is 0 Å². The van der Waals surface area contributed by atoms with E-state index in [-0.39, 0.29) is 5.97 Å². The van der Waals surface area contributed by atoms with Gasteiger partial charge in [-0.15, -0.1) is 0 Å². The van der Waals surface area contributed by atoms with E-state index in [1.165, 1.54) is 44.9 Å². The summed E-state index contributed by atoms with van der Waals surface area (Å²) in [5, 5.41) is 0. The number of rotatable bonds is 1. The molecule has 0 bridgehead atoms. The highest BCUT2D eigenvalue weighted by Gasteiger charge is 2.39. The molecule has 2 saturated heterocycles. The van der Waals surface area contributed by atoms with Crippen molar-refractivity contribution in [2.24, 2.45) is 0 Å². The average Bonchev–Trinajstić information content (AvgIpc) is 2.39. The number of esters is 1. The molecule has 0 N–H and O–H groups in total. The molecule has 3 nitrogen and oxygen atoms in total. The molecule has 0 aliphatic carbocycles. The first kappa shape index (κ1) is 11.1. The fraction of sp³-hybridized carbons (Fsp3) is 0.786. The van der Waals surface area contributed by atoms with Crippen LogP contribution in [-0.2, 0) is 9.53 Å². The number of hydrogen-bond donors (Lipinski definition) is 0. The SMILES string of the molecule is COC(=O)C1=C2CCC[C@@H]3CCC[C@@H](CC1)N23. The first-order chi connectivity index (χ1) is 8.31. The first-order valence-electron chi connectivity index (χ1n) is 6.90. The Morgan fingerprint density at radius 3 is 2.59 bits per heavy atom. The van der Waals surface area contributed by atoms with E-state index in [4.69, 9.17) is 4.74 Å². The summed E-state index contributed by atoms with van der Waals surface area (Å²) in [5.74, 6) is -0.0929. The standard InChI is InChI=1S/C14H21NO2/c1-17-14(16)12-9-8-11-5-2-4-10-6-3-7-13(12)15(10)11/h10-11H,2-9H2,1H3/t10-,11-/m0/s1. The van der Waals surface area contributed by atoms with Crippen LogP contribution in [0.4, 0.5) is 0 Å². The zero-order valence-corrected chi connectivity index (χ0v) is 10.6. The molecule has 0 unspecified atom stereocenters. The van der Waals surface area contributed by atoms with Gasteiger partial charge in [-0.1, -0.05) is 0 Å². The summed E-state index contributed by atoms with van der Waals surface area (Å²) in [6.45, 7) is 0. The number of methoxy groups -OCH3 is 1. The third kappa shape index (κ3) is 1.76. The smallest absolute Gasteiger partial charge is 0.335 e. The highest BCUT2D eigenvalue weighted by molar-refractivity contribution is 5.89. The van der Waals surface area contributed by atoms with Crippen molar-refractivity contribution in [3.8, 4) is 0 Å².